The van der Waals surface area contributed by atoms with Gasteiger partial charge in [0.15, 0.2) is 5.52 Å². The summed E-state index contributed by atoms with van der Waals surface area (Å²) in [7, 11) is 3.75. The van der Waals surface area contributed by atoms with Gasteiger partial charge in [-0.1, -0.05) is 50.8 Å². The van der Waals surface area contributed by atoms with Crippen LogP contribution in [0.25, 0.3) is 22.3 Å². The predicted molar refractivity (Wildman–Crippen MR) is 139 cm³/mol. The average Bonchev–Trinajstić information content (AvgIpc) is 3.43. The van der Waals surface area contributed by atoms with Gasteiger partial charge in [-0.05, 0) is 42.9 Å². The van der Waals surface area contributed by atoms with Crippen LogP contribution in [0.5, 0.6) is 0 Å². The number of hydrogen-bond acceptors (Lipinski definition) is 5. The van der Waals surface area contributed by atoms with Crippen LogP contribution in [0.2, 0.25) is 0 Å². The molecule has 3 aromatic heterocycles. The SMILES string of the molecule is CCCc1nn(C)c2c(=O)[nH]c(N(Cc3cccc(-c4ccn(C)n4)c3)CC3CCCCC3)nc12. The number of aromatic nitrogens is 6. The lowest BCUT2D eigenvalue weighted by Gasteiger charge is -2.30. The first-order valence-electron chi connectivity index (χ1n) is 12.8. The van der Waals surface area contributed by atoms with E-state index in [1.54, 1.807) is 4.68 Å². The van der Waals surface area contributed by atoms with Crippen LogP contribution in [0, 0.1) is 5.92 Å². The summed E-state index contributed by atoms with van der Waals surface area (Å²) in [6, 6.07) is 10.5. The smallest absolute Gasteiger partial charge is 0.278 e. The van der Waals surface area contributed by atoms with Crippen molar-refractivity contribution in [2.75, 3.05) is 11.4 Å². The lowest BCUT2D eigenvalue weighted by molar-refractivity contribution is 0.356. The lowest BCUT2D eigenvalue weighted by Crippen LogP contribution is -2.33. The fourth-order valence-electron chi connectivity index (χ4n) is 5.32. The molecular weight excluding hydrogens is 438 g/mol. The quantitative estimate of drug-likeness (QED) is 0.404. The van der Waals surface area contributed by atoms with Gasteiger partial charge in [0.2, 0.25) is 5.95 Å². The molecule has 1 aliphatic rings. The van der Waals surface area contributed by atoms with Crippen molar-refractivity contribution in [1.29, 1.82) is 0 Å². The molecule has 1 aliphatic carbocycles. The third-order valence-corrected chi connectivity index (χ3v) is 7.05. The zero-order valence-corrected chi connectivity index (χ0v) is 21.0. The van der Waals surface area contributed by atoms with Crippen molar-refractivity contribution >= 4 is 17.0 Å². The summed E-state index contributed by atoms with van der Waals surface area (Å²) in [5.74, 6) is 1.24. The molecule has 0 bridgehead atoms. The number of rotatable bonds is 8. The monoisotopic (exact) mass is 473 g/mol. The molecule has 1 aromatic carbocycles. The van der Waals surface area contributed by atoms with Crippen molar-refractivity contribution < 1.29 is 0 Å². The zero-order valence-electron chi connectivity index (χ0n) is 21.0. The Morgan fingerprint density at radius 3 is 2.69 bits per heavy atom. The number of benzene rings is 1. The summed E-state index contributed by atoms with van der Waals surface area (Å²) in [6.45, 7) is 3.68. The summed E-state index contributed by atoms with van der Waals surface area (Å²) in [6.07, 6.45) is 10.1. The Kier molecular flexibility index (Phi) is 6.70. The second-order valence-corrected chi connectivity index (χ2v) is 9.87. The molecule has 1 saturated carbocycles. The molecule has 0 radical (unpaired) electrons. The Morgan fingerprint density at radius 1 is 1.11 bits per heavy atom. The van der Waals surface area contributed by atoms with E-state index in [-0.39, 0.29) is 5.56 Å². The number of aromatic amines is 1. The summed E-state index contributed by atoms with van der Waals surface area (Å²) in [5.41, 5.74) is 5.27. The minimum absolute atomic E-state index is 0.127. The Morgan fingerprint density at radius 2 is 1.94 bits per heavy atom. The van der Waals surface area contributed by atoms with Crippen molar-refractivity contribution in [2.24, 2.45) is 20.0 Å². The van der Waals surface area contributed by atoms with Crippen molar-refractivity contribution in [3.63, 3.8) is 0 Å². The van der Waals surface area contributed by atoms with E-state index in [9.17, 15) is 4.79 Å². The number of nitrogens with one attached hydrogen (secondary N) is 1. The molecule has 0 aliphatic heterocycles. The summed E-state index contributed by atoms with van der Waals surface area (Å²) >= 11 is 0. The molecule has 8 nitrogen and oxygen atoms in total. The molecule has 1 fully saturated rings. The number of aryl methyl sites for hydroxylation is 3. The average molecular weight is 474 g/mol. The van der Waals surface area contributed by atoms with Gasteiger partial charge in [-0.2, -0.15) is 10.2 Å². The fourth-order valence-corrected chi connectivity index (χ4v) is 5.32. The number of anilines is 1. The molecule has 5 rings (SSSR count). The molecule has 4 aromatic rings. The van der Waals surface area contributed by atoms with Crippen molar-refractivity contribution in [2.45, 2.75) is 58.4 Å². The highest BCUT2D eigenvalue weighted by Gasteiger charge is 2.22. The van der Waals surface area contributed by atoms with Gasteiger partial charge in [0.25, 0.3) is 5.56 Å². The summed E-state index contributed by atoms with van der Waals surface area (Å²) in [5, 5.41) is 9.16. The highest BCUT2D eigenvalue weighted by molar-refractivity contribution is 5.78. The van der Waals surface area contributed by atoms with E-state index in [2.05, 4.69) is 51.3 Å². The molecule has 0 spiro atoms. The van der Waals surface area contributed by atoms with Gasteiger partial charge >= 0.3 is 0 Å². The third kappa shape index (κ3) is 5.01. The normalized spacial score (nSPS) is 14.6. The van der Waals surface area contributed by atoms with Crippen LogP contribution >= 0.6 is 0 Å². The highest BCUT2D eigenvalue weighted by atomic mass is 16.1. The Labute approximate surface area is 206 Å². The molecule has 0 saturated heterocycles. The first kappa shape index (κ1) is 23.3. The molecule has 3 heterocycles. The molecule has 0 atom stereocenters. The van der Waals surface area contributed by atoms with Crippen LogP contribution in [0.4, 0.5) is 5.95 Å². The van der Waals surface area contributed by atoms with Crippen molar-refractivity contribution in [3.8, 4) is 11.3 Å². The second-order valence-electron chi connectivity index (χ2n) is 9.87. The van der Waals surface area contributed by atoms with Gasteiger partial charge in [0.05, 0.1) is 11.4 Å². The number of nitrogens with zero attached hydrogens (tertiary/aromatic N) is 6. The molecular formula is C27H35N7O. The van der Waals surface area contributed by atoms with Gasteiger partial charge in [0, 0.05) is 38.9 Å². The van der Waals surface area contributed by atoms with E-state index < -0.39 is 0 Å². The topological polar surface area (TPSA) is 84.6 Å². The molecule has 1 N–H and O–H groups in total. The molecule has 0 amide bonds. The molecule has 184 valence electrons. The second kappa shape index (κ2) is 10.1. The molecule has 35 heavy (non-hydrogen) atoms. The maximum Gasteiger partial charge on any atom is 0.278 e. The Bertz CT molecular complexity index is 1360. The Balaban J connectivity index is 1.52. The first-order chi connectivity index (χ1) is 17.0. The van der Waals surface area contributed by atoms with Gasteiger partial charge in [-0.3, -0.25) is 19.1 Å². The van der Waals surface area contributed by atoms with Gasteiger partial charge in [-0.15, -0.1) is 0 Å². The van der Waals surface area contributed by atoms with Crippen LogP contribution < -0.4 is 10.5 Å². The maximum atomic E-state index is 13.1. The number of hydrogen-bond donors (Lipinski definition) is 1. The summed E-state index contributed by atoms with van der Waals surface area (Å²) < 4.78 is 3.49. The van der Waals surface area contributed by atoms with E-state index in [1.165, 1.54) is 37.7 Å². The zero-order chi connectivity index (χ0) is 24.4. The van der Waals surface area contributed by atoms with Crippen LogP contribution in [0.15, 0.2) is 41.3 Å². The third-order valence-electron chi connectivity index (χ3n) is 7.05. The van der Waals surface area contributed by atoms with Gasteiger partial charge in [-0.25, -0.2) is 4.98 Å². The first-order valence-corrected chi connectivity index (χ1v) is 12.8. The van der Waals surface area contributed by atoms with Gasteiger partial charge in [0.1, 0.15) is 5.52 Å². The maximum absolute atomic E-state index is 13.1. The highest BCUT2D eigenvalue weighted by Crippen LogP contribution is 2.28. The molecule has 8 heteroatoms. The number of H-pyrrole nitrogens is 1. The van der Waals surface area contributed by atoms with E-state index in [0.29, 0.717) is 23.9 Å². The standard InChI is InChI=1S/C27H35N7O/c1-4-9-23-24-25(33(3)31-23)26(35)29-27(28-24)34(17-19-10-6-5-7-11-19)18-20-12-8-13-21(16-20)22-14-15-32(2)30-22/h8,12-16,19H,4-7,9-11,17-18H2,1-3H3,(H,28,29,35). The van der Waals surface area contributed by atoms with Crippen LogP contribution in [-0.4, -0.2) is 36.1 Å². The van der Waals surface area contributed by atoms with Crippen LogP contribution in [-0.2, 0) is 27.1 Å². The largest absolute Gasteiger partial charge is 0.338 e. The van der Waals surface area contributed by atoms with E-state index >= 15 is 0 Å². The van der Waals surface area contributed by atoms with Crippen LogP contribution in [0.1, 0.15) is 56.7 Å². The minimum atomic E-state index is -0.127. The van der Waals surface area contributed by atoms with E-state index in [0.717, 1.165) is 41.9 Å². The fraction of sp³-hybridized carbons (Fsp3) is 0.481. The van der Waals surface area contributed by atoms with Crippen molar-refractivity contribution in [1.82, 2.24) is 29.5 Å². The van der Waals surface area contributed by atoms with Crippen LogP contribution in [0.3, 0.4) is 0 Å². The van der Waals surface area contributed by atoms with E-state index in [1.807, 2.05) is 31.0 Å². The van der Waals surface area contributed by atoms with E-state index in [4.69, 9.17) is 4.98 Å². The molecule has 0 unspecified atom stereocenters. The van der Waals surface area contributed by atoms with Gasteiger partial charge < -0.3 is 4.90 Å². The number of fused-ring (bicyclic) bond motifs is 1. The van der Waals surface area contributed by atoms with Crippen molar-refractivity contribution in [3.05, 3.63) is 58.1 Å². The Hall–Kier alpha value is -3.42. The summed E-state index contributed by atoms with van der Waals surface area (Å²) in [4.78, 5) is 23.5. The lowest BCUT2D eigenvalue weighted by atomic mass is 9.89. The predicted octanol–water partition coefficient (Wildman–Crippen LogP) is 4.60. The minimum Gasteiger partial charge on any atom is -0.338 e.